The zero-order valence-electron chi connectivity index (χ0n) is 10.1. The summed E-state index contributed by atoms with van der Waals surface area (Å²) in [4.78, 5) is 13.1. The summed E-state index contributed by atoms with van der Waals surface area (Å²) in [5, 5.41) is 8.73. The van der Waals surface area contributed by atoms with Gasteiger partial charge in [0.25, 0.3) is 5.91 Å². The Morgan fingerprint density at radius 2 is 2.06 bits per heavy atom. The summed E-state index contributed by atoms with van der Waals surface area (Å²) in [6.07, 6.45) is -0.202. The van der Waals surface area contributed by atoms with Gasteiger partial charge in [0, 0.05) is 13.6 Å². The number of aliphatic hydroxyl groups is 1. The molecule has 0 aliphatic rings. The summed E-state index contributed by atoms with van der Waals surface area (Å²) in [6, 6.07) is 1.55. The summed E-state index contributed by atoms with van der Waals surface area (Å²) in [5.74, 6) is -2.36. The summed E-state index contributed by atoms with van der Waals surface area (Å²) >= 11 is 5.40. The minimum absolute atomic E-state index is 0.250. The van der Waals surface area contributed by atoms with Crippen LogP contribution in [0.4, 0.5) is 8.78 Å². The van der Waals surface area contributed by atoms with Crippen molar-refractivity contribution in [1.29, 1.82) is 0 Å². The maximum atomic E-state index is 13.5. The second-order valence-electron chi connectivity index (χ2n) is 4.11. The number of benzene rings is 1. The average Bonchev–Trinajstić information content (AvgIpc) is 2.29. The van der Waals surface area contributed by atoms with Crippen LogP contribution in [0.2, 0.25) is 5.02 Å². The van der Waals surface area contributed by atoms with E-state index in [0.717, 1.165) is 12.1 Å². The standard InChI is InChI=1S/C12H14ClF2NO2/c1-7(17)3-4-16(2)12(18)8-5-11(15)9(13)6-10(8)14/h5-7,17H,3-4H2,1-2H3. The molecule has 0 aliphatic heterocycles. The maximum Gasteiger partial charge on any atom is 0.256 e. The molecule has 18 heavy (non-hydrogen) atoms. The number of hydrogen-bond donors (Lipinski definition) is 1. The molecule has 3 nitrogen and oxygen atoms in total. The molecular weight excluding hydrogens is 264 g/mol. The van der Waals surface area contributed by atoms with Crippen molar-refractivity contribution >= 4 is 17.5 Å². The molecule has 1 amide bonds. The third-order valence-electron chi connectivity index (χ3n) is 2.47. The lowest BCUT2D eigenvalue weighted by molar-refractivity contribution is 0.0764. The first-order valence-corrected chi connectivity index (χ1v) is 5.78. The molecule has 1 aromatic rings. The van der Waals surface area contributed by atoms with Crippen LogP contribution in [0.3, 0.4) is 0 Å². The van der Waals surface area contributed by atoms with Gasteiger partial charge in [-0.1, -0.05) is 11.6 Å². The van der Waals surface area contributed by atoms with E-state index in [1.165, 1.54) is 11.9 Å². The normalized spacial score (nSPS) is 12.3. The third-order valence-corrected chi connectivity index (χ3v) is 2.76. The second-order valence-corrected chi connectivity index (χ2v) is 4.52. The first kappa shape index (κ1) is 14.9. The predicted octanol–water partition coefficient (Wildman–Crippen LogP) is 2.46. The predicted molar refractivity (Wildman–Crippen MR) is 64.6 cm³/mol. The maximum absolute atomic E-state index is 13.5. The van der Waals surface area contributed by atoms with Gasteiger partial charge in [-0.15, -0.1) is 0 Å². The van der Waals surface area contributed by atoms with Gasteiger partial charge in [0.15, 0.2) is 0 Å². The minimum atomic E-state index is -0.865. The molecular formula is C12H14ClF2NO2. The van der Waals surface area contributed by atoms with Crippen molar-refractivity contribution in [2.75, 3.05) is 13.6 Å². The third kappa shape index (κ3) is 3.65. The molecule has 0 saturated heterocycles. The van der Waals surface area contributed by atoms with E-state index in [4.69, 9.17) is 16.7 Å². The monoisotopic (exact) mass is 277 g/mol. The first-order chi connectivity index (χ1) is 8.32. The van der Waals surface area contributed by atoms with Gasteiger partial charge in [-0.05, 0) is 25.5 Å². The first-order valence-electron chi connectivity index (χ1n) is 5.41. The number of nitrogens with zero attached hydrogens (tertiary/aromatic N) is 1. The molecule has 0 bridgehead atoms. The van der Waals surface area contributed by atoms with Crippen molar-refractivity contribution < 1.29 is 18.7 Å². The number of halogens is 3. The van der Waals surface area contributed by atoms with E-state index in [2.05, 4.69) is 0 Å². The number of amides is 1. The van der Waals surface area contributed by atoms with Crippen LogP contribution in [-0.4, -0.2) is 35.6 Å². The van der Waals surface area contributed by atoms with Crippen LogP contribution < -0.4 is 0 Å². The highest BCUT2D eigenvalue weighted by molar-refractivity contribution is 6.30. The van der Waals surface area contributed by atoms with Gasteiger partial charge in [0.1, 0.15) is 11.6 Å². The SMILES string of the molecule is CC(O)CCN(C)C(=O)c1cc(F)c(Cl)cc1F. The van der Waals surface area contributed by atoms with E-state index >= 15 is 0 Å². The van der Waals surface area contributed by atoms with Crippen LogP contribution in [0.5, 0.6) is 0 Å². The molecule has 0 saturated carbocycles. The average molecular weight is 278 g/mol. The van der Waals surface area contributed by atoms with E-state index in [9.17, 15) is 13.6 Å². The molecule has 0 radical (unpaired) electrons. The fourth-order valence-electron chi connectivity index (χ4n) is 1.37. The van der Waals surface area contributed by atoms with Crippen molar-refractivity contribution in [3.63, 3.8) is 0 Å². The lowest BCUT2D eigenvalue weighted by Crippen LogP contribution is -2.30. The molecule has 0 aromatic heterocycles. The Bertz CT molecular complexity index is 452. The Balaban J connectivity index is 2.87. The van der Waals surface area contributed by atoms with Gasteiger partial charge < -0.3 is 10.0 Å². The lowest BCUT2D eigenvalue weighted by Gasteiger charge is -2.18. The van der Waals surface area contributed by atoms with Gasteiger partial charge in [-0.25, -0.2) is 8.78 Å². The van der Waals surface area contributed by atoms with Crippen molar-refractivity contribution in [1.82, 2.24) is 4.90 Å². The van der Waals surface area contributed by atoms with Gasteiger partial charge >= 0.3 is 0 Å². The summed E-state index contributed by atoms with van der Waals surface area (Å²) in [5.41, 5.74) is -0.370. The van der Waals surface area contributed by atoms with Crippen LogP contribution in [0.25, 0.3) is 0 Å². The quantitative estimate of drug-likeness (QED) is 0.859. The Labute approximate surface area is 109 Å². The molecule has 0 spiro atoms. The van der Waals surface area contributed by atoms with Crippen molar-refractivity contribution in [2.24, 2.45) is 0 Å². The van der Waals surface area contributed by atoms with Crippen LogP contribution in [-0.2, 0) is 0 Å². The minimum Gasteiger partial charge on any atom is -0.393 e. The second kappa shape index (κ2) is 6.11. The molecule has 100 valence electrons. The fourth-order valence-corrected chi connectivity index (χ4v) is 1.52. The molecule has 6 heteroatoms. The Morgan fingerprint density at radius 1 is 1.44 bits per heavy atom. The molecule has 0 aliphatic carbocycles. The summed E-state index contributed by atoms with van der Waals surface area (Å²) < 4.78 is 26.7. The summed E-state index contributed by atoms with van der Waals surface area (Å²) in [6.45, 7) is 1.83. The van der Waals surface area contributed by atoms with Crippen LogP contribution in [0.1, 0.15) is 23.7 Å². The molecule has 1 N–H and O–H groups in total. The van der Waals surface area contributed by atoms with Gasteiger partial charge in [-0.3, -0.25) is 4.79 Å². The van der Waals surface area contributed by atoms with Crippen LogP contribution in [0, 0.1) is 11.6 Å². The highest BCUT2D eigenvalue weighted by Crippen LogP contribution is 2.20. The zero-order chi connectivity index (χ0) is 13.9. The zero-order valence-corrected chi connectivity index (χ0v) is 10.8. The largest absolute Gasteiger partial charge is 0.393 e. The molecule has 0 fully saturated rings. The number of hydrogen-bond acceptors (Lipinski definition) is 2. The Hall–Kier alpha value is -1.20. The van der Waals surface area contributed by atoms with E-state index < -0.39 is 23.6 Å². The smallest absolute Gasteiger partial charge is 0.256 e. The molecule has 1 rings (SSSR count). The van der Waals surface area contributed by atoms with Crippen LogP contribution >= 0.6 is 11.6 Å². The van der Waals surface area contributed by atoms with Crippen molar-refractivity contribution in [3.8, 4) is 0 Å². The molecule has 1 atom stereocenters. The van der Waals surface area contributed by atoms with E-state index in [1.54, 1.807) is 6.92 Å². The van der Waals surface area contributed by atoms with Gasteiger partial charge in [0.2, 0.25) is 0 Å². The van der Waals surface area contributed by atoms with Crippen LogP contribution in [0.15, 0.2) is 12.1 Å². The van der Waals surface area contributed by atoms with E-state index in [0.29, 0.717) is 6.42 Å². The van der Waals surface area contributed by atoms with E-state index in [-0.39, 0.29) is 17.1 Å². The molecule has 0 heterocycles. The van der Waals surface area contributed by atoms with Crippen molar-refractivity contribution in [3.05, 3.63) is 34.4 Å². The van der Waals surface area contributed by atoms with E-state index in [1.807, 2.05) is 0 Å². The number of aliphatic hydroxyl groups excluding tert-OH is 1. The Morgan fingerprint density at radius 3 is 2.61 bits per heavy atom. The highest BCUT2D eigenvalue weighted by atomic mass is 35.5. The number of carbonyl (C=O) groups is 1. The highest BCUT2D eigenvalue weighted by Gasteiger charge is 2.19. The van der Waals surface area contributed by atoms with Crippen molar-refractivity contribution in [2.45, 2.75) is 19.4 Å². The Kier molecular flexibility index (Phi) is 5.04. The molecule has 1 aromatic carbocycles. The molecule has 1 unspecified atom stereocenters. The topological polar surface area (TPSA) is 40.5 Å². The van der Waals surface area contributed by atoms with Gasteiger partial charge in [0.05, 0.1) is 16.7 Å². The summed E-state index contributed by atoms with van der Waals surface area (Å²) in [7, 11) is 1.46. The number of rotatable bonds is 4. The number of carbonyl (C=O) groups excluding carboxylic acids is 1. The lowest BCUT2D eigenvalue weighted by atomic mass is 10.1. The fraction of sp³-hybridized carbons (Fsp3) is 0.417. The van der Waals surface area contributed by atoms with Gasteiger partial charge in [-0.2, -0.15) is 0 Å².